The van der Waals surface area contributed by atoms with Crippen LogP contribution in [0.5, 0.6) is 0 Å². The first-order valence-electron chi connectivity index (χ1n) is 9.35. The maximum Gasteiger partial charge on any atom is 0.226 e. The smallest absolute Gasteiger partial charge is 0.226 e. The van der Waals surface area contributed by atoms with E-state index in [9.17, 15) is 9.59 Å². The van der Waals surface area contributed by atoms with Gasteiger partial charge in [0.2, 0.25) is 11.9 Å². The minimum absolute atomic E-state index is 0.00211. The van der Waals surface area contributed by atoms with Gasteiger partial charge in [0.25, 0.3) is 0 Å². The molecule has 0 saturated carbocycles. The molecule has 0 radical (unpaired) electrons. The van der Waals surface area contributed by atoms with Crippen LogP contribution in [-0.4, -0.2) is 52.7 Å². The van der Waals surface area contributed by atoms with Crippen molar-refractivity contribution in [3.05, 3.63) is 52.8 Å². The highest BCUT2D eigenvalue weighted by Crippen LogP contribution is 2.15. The van der Waals surface area contributed by atoms with Gasteiger partial charge in [-0.25, -0.2) is 9.97 Å². The number of Topliss-reactive ketones (excluding diaryl/α,β-unsaturated/α-hetero) is 1. The van der Waals surface area contributed by atoms with Gasteiger partial charge in [0, 0.05) is 50.3 Å². The normalized spacial score (nSPS) is 13.9. The van der Waals surface area contributed by atoms with Crippen molar-refractivity contribution < 1.29 is 9.59 Å². The van der Waals surface area contributed by atoms with Crippen LogP contribution in [0.15, 0.2) is 30.3 Å². The van der Waals surface area contributed by atoms with E-state index in [0.717, 1.165) is 11.3 Å². The second-order valence-electron chi connectivity index (χ2n) is 6.91. The molecule has 1 saturated heterocycles. The Bertz CT molecular complexity index is 927. The van der Waals surface area contributed by atoms with Crippen LogP contribution >= 0.6 is 0 Å². The maximum absolute atomic E-state index is 12.5. The largest absolute Gasteiger partial charge is 0.339 e. The van der Waals surface area contributed by atoms with Gasteiger partial charge in [-0.1, -0.05) is 24.3 Å². The first-order chi connectivity index (χ1) is 13.5. The van der Waals surface area contributed by atoms with E-state index in [4.69, 9.17) is 5.26 Å². The van der Waals surface area contributed by atoms with Crippen molar-refractivity contribution in [3.8, 4) is 6.07 Å². The first-order valence-corrected chi connectivity index (χ1v) is 9.35. The Hall–Kier alpha value is -3.27. The van der Waals surface area contributed by atoms with Gasteiger partial charge in [-0.05, 0) is 25.5 Å². The minimum atomic E-state index is -0.00976. The number of carbonyl (C=O) groups is 2. The summed E-state index contributed by atoms with van der Waals surface area (Å²) in [5, 5.41) is 9.06. The number of piperazine rings is 1. The van der Waals surface area contributed by atoms with Gasteiger partial charge in [-0.2, -0.15) is 5.26 Å². The molecule has 1 amide bonds. The van der Waals surface area contributed by atoms with Crippen molar-refractivity contribution in [3.63, 3.8) is 0 Å². The zero-order valence-corrected chi connectivity index (χ0v) is 16.2. The van der Waals surface area contributed by atoms with Crippen LogP contribution in [0.25, 0.3) is 0 Å². The fraction of sp³-hybridized carbons (Fsp3) is 0.381. The lowest BCUT2D eigenvalue weighted by Gasteiger charge is -2.34. The van der Waals surface area contributed by atoms with Gasteiger partial charge < -0.3 is 9.80 Å². The van der Waals surface area contributed by atoms with Gasteiger partial charge in [0.15, 0.2) is 5.78 Å². The molecule has 1 aliphatic heterocycles. The second kappa shape index (κ2) is 8.61. The molecular formula is C21H23N5O2. The summed E-state index contributed by atoms with van der Waals surface area (Å²) in [6.45, 7) is 6.04. The van der Waals surface area contributed by atoms with Crippen molar-refractivity contribution in [2.45, 2.75) is 26.7 Å². The third kappa shape index (κ3) is 4.52. The van der Waals surface area contributed by atoms with Crippen molar-refractivity contribution in [1.82, 2.24) is 14.9 Å². The SMILES string of the molecule is Cc1cc(C#N)nc(N2CCN(C(=O)CCC(=O)c3ccccc3C)CC2)n1. The molecule has 0 atom stereocenters. The van der Waals surface area contributed by atoms with E-state index >= 15 is 0 Å². The Morgan fingerprint density at radius 1 is 1.07 bits per heavy atom. The van der Waals surface area contributed by atoms with Crippen molar-refractivity contribution >= 4 is 17.6 Å². The Labute approximate surface area is 164 Å². The first kappa shape index (κ1) is 19.5. The Kier molecular flexibility index (Phi) is 5.99. The van der Waals surface area contributed by atoms with E-state index in [0.29, 0.717) is 43.4 Å². The molecule has 0 N–H and O–H groups in total. The Balaban J connectivity index is 1.53. The minimum Gasteiger partial charge on any atom is -0.339 e. The van der Waals surface area contributed by atoms with E-state index in [-0.39, 0.29) is 24.5 Å². The predicted octanol–water partition coefficient (Wildman–Crippen LogP) is 2.28. The number of hydrogen-bond acceptors (Lipinski definition) is 6. The van der Waals surface area contributed by atoms with Crippen LogP contribution in [0.2, 0.25) is 0 Å². The summed E-state index contributed by atoms with van der Waals surface area (Å²) in [5.74, 6) is 0.519. The summed E-state index contributed by atoms with van der Waals surface area (Å²) >= 11 is 0. The third-order valence-corrected chi connectivity index (χ3v) is 4.88. The van der Waals surface area contributed by atoms with Crippen molar-refractivity contribution in [2.75, 3.05) is 31.1 Å². The summed E-state index contributed by atoms with van der Waals surface area (Å²) in [5.41, 5.74) is 2.71. The quantitative estimate of drug-likeness (QED) is 0.743. The van der Waals surface area contributed by atoms with Gasteiger partial charge in [0.05, 0.1) is 0 Å². The number of nitrogens with zero attached hydrogens (tertiary/aromatic N) is 5. The molecule has 144 valence electrons. The Morgan fingerprint density at radius 3 is 2.46 bits per heavy atom. The molecule has 1 aromatic carbocycles. The number of aryl methyl sites for hydroxylation is 2. The van der Waals surface area contributed by atoms with E-state index in [2.05, 4.69) is 9.97 Å². The second-order valence-corrected chi connectivity index (χ2v) is 6.91. The van der Waals surface area contributed by atoms with Crippen LogP contribution < -0.4 is 4.90 Å². The van der Waals surface area contributed by atoms with Gasteiger partial charge >= 0.3 is 0 Å². The molecule has 0 aliphatic carbocycles. The molecule has 1 aliphatic rings. The van der Waals surface area contributed by atoms with Crippen molar-refractivity contribution in [2.24, 2.45) is 0 Å². The highest BCUT2D eigenvalue weighted by Gasteiger charge is 2.23. The molecule has 0 spiro atoms. The summed E-state index contributed by atoms with van der Waals surface area (Å²) in [7, 11) is 0. The number of aromatic nitrogens is 2. The number of rotatable bonds is 5. The highest BCUT2D eigenvalue weighted by atomic mass is 16.2. The molecule has 3 rings (SSSR count). The molecule has 2 aromatic rings. The molecule has 0 bridgehead atoms. The van der Waals surface area contributed by atoms with E-state index < -0.39 is 0 Å². The molecule has 1 fully saturated rings. The lowest BCUT2D eigenvalue weighted by molar-refractivity contribution is -0.131. The molecule has 1 aromatic heterocycles. The maximum atomic E-state index is 12.5. The summed E-state index contributed by atoms with van der Waals surface area (Å²) in [6.07, 6.45) is 0.434. The van der Waals surface area contributed by atoms with Gasteiger partial charge in [0.1, 0.15) is 11.8 Å². The summed E-state index contributed by atoms with van der Waals surface area (Å²) in [6, 6.07) is 11.1. The van der Waals surface area contributed by atoms with E-state index in [1.54, 1.807) is 17.0 Å². The molecule has 28 heavy (non-hydrogen) atoms. The molecule has 2 heterocycles. The monoisotopic (exact) mass is 377 g/mol. The van der Waals surface area contributed by atoms with E-state index in [1.165, 1.54) is 0 Å². The fourth-order valence-corrected chi connectivity index (χ4v) is 3.31. The third-order valence-electron chi connectivity index (χ3n) is 4.88. The number of nitriles is 1. The molecule has 7 nitrogen and oxygen atoms in total. The molecular weight excluding hydrogens is 354 g/mol. The number of anilines is 1. The van der Waals surface area contributed by atoms with Gasteiger partial charge in [-0.15, -0.1) is 0 Å². The zero-order valence-electron chi connectivity index (χ0n) is 16.2. The topological polar surface area (TPSA) is 90.2 Å². The average Bonchev–Trinajstić information content (AvgIpc) is 2.71. The van der Waals surface area contributed by atoms with Crippen molar-refractivity contribution in [1.29, 1.82) is 5.26 Å². The summed E-state index contributed by atoms with van der Waals surface area (Å²) in [4.78, 5) is 37.3. The molecule has 7 heteroatoms. The van der Waals surface area contributed by atoms with Crippen LogP contribution in [0.3, 0.4) is 0 Å². The Morgan fingerprint density at radius 2 is 1.79 bits per heavy atom. The number of carbonyl (C=O) groups excluding carboxylic acids is 2. The zero-order chi connectivity index (χ0) is 20.1. The molecule has 0 unspecified atom stereocenters. The lowest BCUT2D eigenvalue weighted by atomic mass is 10.0. The fourth-order valence-electron chi connectivity index (χ4n) is 3.31. The van der Waals surface area contributed by atoms with Crippen LogP contribution in [0.1, 0.15) is 40.2 Å². The number of benzene rings is 1. The average molecular weight is 377 g/mol. The van der Waals surface area contributed by atoms with E-state index in [1.807, 2.05) is 43.0 Å². The van der Waals surface area contributed by atoms with Crippen LogP contribution in [0, 0.1) is 25.2 Å². The number of amides is 1. The predicted molar refractivity (Wildman–Crippen MR) is 105 cm³/mol. The number of hydrogen-bond donors (Lipinski definition) is 0. The standard InChI is InChI=1S/C21H23N5O2/c1-15-5-3-4-6-18(15)19(27)7-8-20(28)25-9-11-26(12-10-25)21-23-16(2)13-17(14-22)24-21/h3-6,13H,7-12H2,1-2H3. The summed E-state index contributed by atoms with van der Waals surface area (Å²) < 4.78 is 0. The van der Waals surface area contributed by atoms with Gasteiger partial charge in [-0.3, -0.25) is 9.59 Å². The number of ketones is 1. The highest BCUT2D eigenvalue weighted by molar-refractivity contribution is 5.99. The van der Waals surface area contributed by atoms with Crippen LogP contribution in [-0.2, 0) is 4.79 Å². The van der Waals surface area contributed by atoms with Crippen LogP contribution in [0.4, 0.5) is 5.95 Å². The lowest BCUT2D eigenvalue weighted by Crippen LogP contribution is -2.49.